The lowest BCUT2D eigenvalue weighted by molar-refractivity contribution is -0.0836. The van der Waals surface area contributed by atoms with Crippen LogP contribution < -0.4 is 0 Å². The first-order chi connectivity index (χ1) is 12.1. The molecule has 3 aliphatic heterocycles. The van der Waals surface area contributed by atoms with Crippen molar-refractivity contribution < 1.29 is 8.95 Å². The molecule has 0 N–H and O–H groups in total. The molecular weight excluding hydrogens is 332 g/mol. The van der Waals surface area contributed by atoms with Gasteiger partial charge in [-0.2, -0.15) is 0 Å². The number of nitrogens with zero attached hydrogens (tertiary/aromatic N) is 2. The number of rotatable bonds is 3. The molecule has 4 nitrogen and oxygen atoms in total. The molecule has 1 atom stereocenters. The van der Waals surface area contributed by atoms with E-state index < -0.39 is 11.0 Å². The fourth-order valence-corrected chi connectivity index (χ4v) is 6.01. The number of piperidine rings is 1. The van der Waals surface area contributed by atoms with E-state index in [9.17, 15) is 4.21 Å². The molecule has 3 aliphatic rings. The Bertz CT molecular complexity index is 641. The third kappa shape index (κ3) is 3.57. The second-order valence-corrected chi connectivity index (χ2v) is 9.65. The van der Waals surface area contributed by atoms with Crippen molar-refractivity contribution in [2.45, 2.75) is 50.5 Å². The third-order valence-corrected chi connectivity index (χ3v) is 7.99. The maximum Gasteiger partial charge on any atom is 0.127 e. The summed E-state index contributed by atoms with van der Waals surface area (Å²) in [6, 6.07) is 6.99. The van der Waals surface area contributed by atoms with Crippen molar-refractivity contribution in [2.75, 3.05) is 39.4 Å². The van der Waals surface area contributed by atoms with E-state index in [0.29, 0.717) is 5.41 Å². The van der Waals surface area contributed by atoms with Gasteiger partial charge < -0.3 is 4.74 Å². The predicted octanol–water partition coefficient (Wildman–Crippen LogP) is 2.90. The number of likely N-dealkylation sites (tertiary alicyclic amines) is 1. The topological polar surface area (TPSA) is 32.8 Å². The van der Waals surface area contributed by atoms with E-state index in [1.807, 2.05) is 6.07 Å². The molecule has 1 aromatic rings. The average molecular weight is 363 g/mol. The second kappa shape index (κ2) is 7.10. The SMILES string of the molecule is Cc1ccc(S(=O)N2CCC3(CC2)CN(C2CCOCC2)C3)c(C)c1. The summed E-state index contributed by atoms with van der Waals surface area (Å²) in [4.78, 5) is 3.65. The molecule has 0 radical (unpaired) electrons. The minimum Gasteiger partial charge on any atom is -0.381 e. The van der Waals surface area contributed by atoms with Crippen molar-refractivity contribution in [1.82, 2.24) is 9.21 Å². The molecule has 0 aliphatic carbocycles. The Morgan fingerprint density at radius 1 is 1.12 bits per heavy atom. The normalized spacial score (nSPS) is 26.5. The molecule has 3 heterocycles. The lowest BCUT2D eigenvalue weighted by Gasteiger charge is -2.56. The number of hydrogen-bond donors (Lipinski definition) is 0. The summed E-state index contributed by atoms with van der Waals surface area (Å²) >= 11 is 0. The second-order valence-electron chi connectivity index (χ2n) is 8.20. The summed E-state index contributed by atoms with van der Waals surface area (Å²) in [6.45, 7) is 10.4. The molecule has 5 heteroatoms. The van der Waals surface area contributed by atoms with Crippen LogP contribution in [0, 0.1) is 19.3 Å². The van der Waals surface area contributed by atoms with Crippen molar-refractivity contribution in [3.05, 3.63) is 29.3 Å². The lowest BCUT2D eigenvalue weighted by atomic mass is 9.71. The minimum atomic E-state index is -1.01. The molecular formula is C20H30N2O2S. The number of ether oxygens (including phenoxy) is 1. The van der Waals surface area contributed by atoms with Gasteiger partial charge >= 0.3 is 0 Å². The van der Waals surface area contributed by atoms with Gasteiger partial charge in [0, 0.05) is 45.4 Å². The van der Waals surface area contributed by atoms with E-state index >= 15 is 0 Å². The molecule has 1 spiro atoms. The van der Waals surface area contributed by atoms with Crippen LogP contribution >= 0.6 is 0 Å². The van der Waals surface area contributed by atoms with Crippen molar-refractivity contribution in [3.63, 3.8) is 0 Å². The van der Waals surface area contributed by atoms with Gasteiger partial charge in [-0.3, -0.25) is 4.90 Å². The molecule has 4 rings (SSSR count). The molecule has 25 heavy (non-hydrogen) atoms. The van der Waals surface area contributed by atoms with Crippen LogP contribution in [0.2, 0.25) is 0 Å². The van der Waals surface area contributed by atoms with Crippen molar-refractivity contribution in [3.8, 4) is 0 Å². The van der Waals surface area contributed by atoms with Gasteiger partial charge in [0.1, 0.15) is 11.0 Å². The molecule has 3 fully saturated rings. The Balaban J connectivity index is 1.32. The predicted molar refractivity (Wildman–Crippen MR) is 101 cm³/mol. The van der Waals surface area contributed by atoms with Crippen LogP contribution in [-0.2, 0) is 15.7 Å². The molecule has 0 aromatic heterocycles. The third-order valence-electron chi connectivity index (χ3n) is 6.32. The largest absolute Gasteiger partial charge is 0.381 e. The van der Waals surface area contributed by atoms with Gasteiger partial charge in [-0.1, -0.05) is 17.7 Å². The fraction of sp³-hybridized carbons (Fsp3) is 0.700. The van der Waals surface area contributed by atoms with Gasteiger partial charge in [0.15, 0.2) is 0 Å². The van der Waals surface area contributed by atoms with Crippen molar-refractivity contribution in [1.29, 1.82) is 0 Å². The van der Waals surface area contributed by atoms with Gasteiger partial charge in [-0.25, -0.2) is 8.51 Å². The molecule has 1 unspecified atom stereocenters. The first kappa shape index (κ1) is 17.7. The minimum absolute atomic E-state index is 0.487. The van der Waals surface area contributed by atoms with Crippen LogP contribution in [-0.4, -0.2) is 58.8 Å². The fourth-order valence-electron chi connectivity index (χ4n) is 4.70. The summed E-state index contributed by atoms with van der Waals surface area (Å²) < 4.78 is 20.6. The Kier molecular flexibility index (Phi) is 5.02. The maximum absolute atomic E-state index is 13.0. The van der Waals surface area contributed by atoms with Crippen LogP contribution in [0.1, 0.15) is 36.8 Å². The Morgan fingerprint density at radius 2 is 1.80 bits per heavy atom. The van der Waals surface area contributed by atoms with E-state index in [2.05, 4.69) is 35.2 Å². The van der Waals surface area contributed by atoms with Crippen LogP contribution in [0.3, 0.4) is 0 Å². The highest BCUT2D eigenvalue weighted by atomic mass is 32.2. The van der Waals surface area contributed by atoms with E-state index in [1.54, 1.807) is 0 Å². The molecule has 0 bridgehead atoms. The smallest absolute Gasteiger partial charge is 0.127 e. The van der Waals surface area contributed by atoms with Crippen LogP contribution in [0.5, 0.6) is 0 Å². The van der Waals surface area contributed by atoms with Crippen molar-refractivity contribution >= 4 is 11.0 Å². The number of hydrogen-bond acceptors (Lipinski definition) is 3. The Labute approximate surface area is 154 Å². The van der Waals surface area contributed by atoms with E-state index in [-0.39, 0.29) is 0 Å². The van der Waals surface area contributed by atoms with Gasteiger partial charge in [0.05, 0.1) is 4.90 Å². The highest BCUT2D eigenvalue weighted by Crippen LogP contribution is 2.43. The zero-order valence-corrected chi connectivity index (χ0v) is 16.3. The molecule has 3 saturated heterocycles. The summed E-state index contributed by atoms with van der Waals surface area (Å²) in [7, 11) is -1.01. The summed E-state index contributed by atoms with van der Waals surface area (Å²) in [5.74, 6) is 0. The Morgan fingerprint density at radius 3 is 2.44 bits per heavy atom. The number of benzene rings is 1. The first-order valence-corrected chi connectivity index (χ1v) is 10.7. The van der Waals surface area contributed by atoms with Crippen molar-refractivity contribution in [2.24, 2.45) is 5.41 Å². The molecule has 1 aromatic carbocycles. The van der Waals surface area contributed by atoms with Crippen LogP contribution in [0.4, 0.5) is 0 Å². The van der Waals surface area contributed by atoms with Crippen LogP contribution in [0.15, 0.2) is 23.1 Å². The number of aryl methyl sites for hydroxylation is 2. The Hall–Kier alpha value is -0.750. The first-order valence-electron chi connectivity index (χ1n) is 9.62. The average Bonchev–Trinajstić information content (AvgIpc) is 2.60. The maximum atomic E-state index is 13.0. The van der Waals surface area contributed by atoms with Gasteiger partial charge in [-0.05, 0) is 56.6 Å². The summed E-state index contributed by atoms with van der Waals surface area (Å²) in [6.07, 6.45) is 4.75. The van der Waals surface area contributed by atoms with E-state index in [0.717, 1.165) is 42.8 Å². The lowest BCUT2D eigenvalue weighted by Crippen LogP contribution is -2.63. The van der Waals surface area contributed by atoms with E-state index in [1.165, 1.54) is 44.3 Å². The summed E-state index contributed by atoms with van der Waals surface area (Å²) in [5.41, 5.74) is 2.87. The highest BCUT2D eigenvalue weighted by Gasteiger charge is 2.47. The molecule has 0 amide bonds. The zero-order chi connectivity index (χ0) is 17.4. The zero-order valence-electron chi connectivity index (χ0n) is 15.5. The quantitative estimate of drug-likeness (QED) is 0.829. The highest BCUT2D eigenvalue weighted by molar-refractivity contribution is 7.82. The van der Waals surface area contributed by atoms with E-state index in [4.69, 9.17) is 4.74 Å². The van der Waals surface area contributed by atoms with Gasteiger partial charge in [0.2, 0.25) is 0 Å². The van der Waals surface area contributed by atoms with Gasteiger partial charge in [0.25, 0.3) is 0 Å². The standard InChI is InChI=1S/C20H30N2O2S/c1-16-3-4-19(17(2)13-16)25(23)22-9-7-20(8-10-22)14-21(15-20)18-5-11-24-12-6-18/h3-4,13,18H,5-12,14-15H2,1-2H3. The molecule has 138 valence electrons. The molecule has 0 saturated carbocycles. The monoisotopic (exact) mass is 362 g/mol. The summed E-state index contributed by atoms with van der Waals surface area (Å²) in [5, 5.41) is 0. The van der Waals surface area contributed by atoms with Crippen LogP contribution in [0.25, 0.3) is 0 Å². The van der Waals surface area contributed by atoms with Gasteiger partial charge in [-0.15, -0.1) is 0 Å².